The predicted octanol–water partition coefficient (Wildman–Crippen LogP) is 4.06. The normalized spacial score (nSPS) is 11.3. The molecule has 8 nitrogen and oxygen atoms in total. The highest BCUT2D eigenvalue weighted by molar-refractivity contribution is 7.98. The van der Waals surface area contributed by atoms with E-state index in [2.05, 4.69) is 14.9 Å². The van der Waals surface area contributed by atoms with Crippen LogP contribution in [0.15, 0.2) is 52.5 Å². The van der Waals surface area contributed by atoms with Gasteiger partial charge in [-0.05, 0) is 30.7 Å². The van der Waals surface area contributed by atoms with Gasteiger partial charge in [-0.1, -0.05) is 41.6 Å². The number of methoxy groups -OCH3 is 2. The van der Waals surface area contributed by atoms with Crippen molar-refractivity contribution in [3.63, 3.8) is 0 Å². The number of benzene rings is 2. The zero-order chi connectivity index (χ0) is 21.7. The van der Waals surface area contributed by atoms with Crippen LogP contribution in [0, 0.1) is 0 Å². The molecule has 0 atom stereocenters. The molecular weight excluding hydrogens is 448 g/mol. The van der Waals surface area contributed by atoms with Crippen molar-refractivity contribution < 1.29 is 17.9 Å². The van der Waals surface area contributed by atoms with Gasteiger partial charge in [0.1, 0.15) is 16.4 Å². The minimum atomic E-state index is -3.99. The third kappa shape index (κ3) is 4.82. The van der Waals surface area contributed by atoms with E-state index in [1.54, 1.807) is 10.6 Å². The van der Waals surface area contributed by atoms with Crippen molar-refractivity contribution in [2.45, 2.75) is 29.3 Å². The lowest BCUT2D eigenvalue weighted by molar-refractivity contribution is 0.392. The van der Waals surface area contributed by atoms with E-state index >= 15 is 0 Å². The molecule has 2 aromatic carbocycles. The lowest BCUT2D eigenvalue weighted by Gasteiger charge is -2.13. The number of halogens is 1. The molecule has 0 radical (unpaired) electrons. The van der Waals surface area contributed by atoms with Crippen LogP contribution in [0.25, 0.3) is 0 Å². The maximum Gasteiger partial charge on any atom is 0.268 e. The molecule has 0 fully saturated rings. The fourth-order valence-corrected chi connectivity index (χ4v) is 5.16. The highest BCUT2D eigenvalue weighted by Gasteiger charge is 2.24. The van der Waals surface area contributed by atoms with Crippen LogP contribution in [-0.4, -0.2) is 37.4 Å². The van der Waals surface area contributed by atoms with E-state index in [1.807, 2.05) is 31.2 Å². The standard InChI is InChI=1S/C19H21ClN4O4S2/c1-4-24-18(21-22-19(24)29-12-13-7-5-6-8-15(13)20)23-30(25,26)17-11-14(27-2)9-10-16(17)28-3/h5-11H,4,12H2,1-3H3,(H,21,23). The Balaban J connectivity index is 1.86. The Bertz CT molecular complexity index is 1140. The van der Waals surface area contributed by atoms with Gasteiger partial charge in [-0.2, -0.15) is 0 Å². The van der Waals surface area contributed by atoms with Crippen molar-refractivity contribution >= 4 is 39.3 Å². The molecule has 3 rings (SSSR count). The second-order valence-corrected chi connectivity index (χ2v) is 9.05. The summed E-state index contributed by atoms with van der Waals surface area (Å²) < 4.78 is 40.5. The average Bonchev–Trinajstić information content (AvgIpc) is 3.13. The second kappa shape index (κ2) is 9.59. The van der Waals surface area contributed by atoms with Crippen LogP contribution in [0.5, 0.6) is 11.5 Å². The first-order valence-electron chi connectivity index (χ1n) is 8.93. The summed E-state index contributed by atoms with van der Waals surface area (Å²) >= 11 is 7.63. The monoisotopic (exact) mass is 468 g/mol. The Labute approximate surface area is 184 Å². The zero-order valence-electron chi connectivity index (χ0n) is 16.6. The Morgan fingerprint density at radius 3 is 2.57 bits per heavy atom. The lowest BCUT2D eigenvalue weighted by Crippen LogP contribution is -2.17. The fourth-order valence-electron chi connectivity index (χ4n) is 2.68. The third-order valence-corrected chi connectivity index (χ3v) is 6.97. The summed E-state index contributed by atoms with van der Waals surface area (Å²) in [7, 11) is -1.13. The molecular formula is C19H21ClN4O4S2. The third-order valence-electron chi connectivity index (χ3n) is 4.23. The molecule has 0 saturated carbocycles. The Morgan fingerprint density at radius 1 is 1.13 bits per heavy atom. The molecule has 0 unspecified atom stereocenters. The van der Waals surface area contributed by atoms with Crippen LogP contribution in [0.2, 0.25) is 5.02 Å². The first-order chi connectivity index (χ1) is 14.4. The van der Waals surface area contributed by atoms with E-state index in [9.17, 15) is 8.42 Å². The molecule has 0 saturated heterocycles. The molecule has 1 heterocycles. The number of hydrogen-bond donors (Lipinski definition) is 1. The van der Waals surface area contributed by atoms with Gasteiger partial charge in [0, 0.05) is 23.4 Å². The molecule has 11 heteroatoms. The van der Waals surface area contributed by atoms with Crippen molar-refractivity contribution in [3.8, 4) is 11.5 Å². The predicted molar refractivity (Wildman–Crippen MR) is 117 cm³/mol. The van der Waals surface area contributed by atoms with E-state index < -0.39 is 10.0 Å². The number of anilines is 1. The molecule has 0 aliphatic rings. The van der Waals surface area contributed by atoms with Gasteiger partial charge in [0.05, 0.1) is 14.2 Å². The number of nitrogens with zero attached hydrogens (tertiary/aromatic N) is 3. The van der Waals surface area contributed by atoms with Gasteiger partial charge < -0.3 is 9.47 Å². The quantitative estimate of drug-likeness (QED) is 0.473. The van der Waals surface area contributed by atoms with Crippen LogP contribution < -0.4 is 14.2 Å². The Hall–Kier alpha value is -2.43. The van der Waals surface area contributed by atoms with Crippen molar-refractivity contribution in [1.82, 2.24) is 14.8 Å². The van der Waals surface area contributed by atoms with Gasteiger partial charge in [-0.3, -0.25) is 4.57 Å². The molecule has 0 amide bonds. The molecule has 3 aromatic rings. The topological polar surface area (TPSA) is 95.3 Å². The summed E-state index contributed by atoms with van der Waals surface area (Å²) in [5, 5.41) is 9.41. The van der Waals surface area contributed by atoms with E-state index in [1.165, 1.54) is 38.1 Å². The number of aromatic nitrogens is 3. The van der Waals surface area contributed by atoms with Crippen molar-refractivity contribution in [3.05, 3.63) is 53.1 Å². The number of rotatable bonds is 9. The maximum atomic E-state index is 13.0. The number of sulfonamides is 1. The fraction of sp³-hybridized carbons (Fsp3) is 0.263. The van der Waals surface area contributed by atoms with E-state index in [-0.39, 0.29) is 16.6 Å². The highest BCUT2D eigenvalue weighted by Crippen LogP contribution is 2.31. The summed E-state index contributed by atoms with van der Waals surface area (Å²) in [5.41, 5.74) is 0.957. The van der Waals surface area contributed by atoms with Gasteiger partial charge >= 0.3 is 0 Å². The molecule has 1 N–H and O–H groups in total. The van der Waals surface area contributed by atoms with Gasteiger partial charge in [-0.25, -0.2) is 13.1 Å². The van der Waals surface area contributed by atoms with Crippen LogP contribution >= 0.6 is 23.4 Å². The largest absolute Gasteiger partial charge is 0.497 e. The summed E-state index contributed by atoms with van der Waals surface area (Å²) in [4.78, 5) is -0.0553. The Morgan fingerprint density at radius 2 is 1.90 bits per heavy atom. The summed E-state index contributed by atoms with van der Waals surface area (Å²) in [6, 6.07) is 12.1. The minimum absolute atomic E-state index is 0.0553. The van der Waals surface area contributed by atoms with Gasteiger partial charge in [-0.15, -0.1) is 10.2 Å². The molecule has 0 aliphatic carbocycles. The Kier molecular flexibility index (Phi) is 7.11. The number of ether oxygens (including phenoxy) is 2. The maximum absolute atomic E-state index is 13.0. The van der Waals surface area contributed by atoms with Crippen LogP contribution in [0.4, 0.5) is 5.95 Å². The minimum Gasteiger partial charge on any atom is -0.497 e. The number of nitrogens with one attached hydrogen (secondary N) is 1. The van der Waals surface area contributed by atoms with Crippen LogP contribution in [0.3, 0.4) is 0 Å². The van der Waals surface area contributed by atoms with E-state index in [0.717, 1.165) is 5.56 Å². The molecule has 0 aliphatic heterocycles. The van der Waals surface area contributed by atoms with Crippen LogP contribution in [0.1, 0.15) is 12.5 Å². The first kappa shape index (κ1) is 22.3. The van der Waals surface area contributed by atoms with Gasteiger partial charge in [0.2, 0.25) is 5.95 Å². The van der Waals surface area contributed by atoms with Gasteiger partial charge in [0.25, 0.3) is 10.0 Å². The zero-order valence-corrected chi connectivity index (χ0v) is 19.0. The molecule has 0 spiro atoms. The molecule has 30 heavy (non-hydrogen) atoms. The smallest absolute Gasteiger partial charge is 0.268 e. The van der Waals surface area contributed by atoms with E-state index in [4.69, 9.17) is 21.1 Å². The lowest BCUT2D eigenvalue weighted by atomic mass is 10.2. The average molecular weight is 469 g/mol. The summed E-state index contributed by atoms with van der Waals surface area (Å²) in [6.45, 7) is 2.36. The second-order valence-electron chi connectivity index (χ2n) is 6.05. The molecule has 1 aromatic heterocycles. The van der Waals surface area contributed by atoms with Crippen molar-refractivity contribution in [2.75, 3.05) is 18.9 Å². The van der Waals surface area contributed by atoms with Crippen molar-refractivity contribution in [1.29, 1.82) is 0 Å². The molecule has 0 bridgehead atoms. The highest BCUT2D eigenvalue weighted by atomic mass is 35.5. The summed E-state index contributed by atoms with van der Waals surface area (Å²) in [5.74, 6) is 1.28. The summed E-state index contributed by atoms with van der Waals surface area (Å²) in [6.07, 6.45) is 0. The van der Waals surface area contributed by atoms with Crippen molar-refractivity contribution in [2.24, 2.45) is 0 Å². The first-order valence-corrected chi connectivity index (χ1v) is 11.8. The molecule has 160 valence electrons. The van der Waals surface area contributed by atoms with E-state index in [0.29, 0.717) is 28.2 Å². The number of thioether (sulfide) groups is 1. The number of hydrogen-bond acceptors (Lipinski definition) is 7. The van der Waals surface area contributed by atoms with Gasteiger partial charge in [0.15, 0.2) is 5.16 Å². The van der Waals surface area contributed by atoms with Crippen LogP contribution in [-0.2, 0) is 22.3 Å². The SMILES string of the molecule is CCn1c(NS(=O)(=O)c2cc(OC)ccc2OC)nnc1SCc1ccccc1Cl.